The summed E-state index contributed by atoms with van der Waals surface area (Å²) in [4.78, 5) is 32.0. The lowest BCUT2D eigenvalue weighted by molar-refractivity contribution is 0.185. The molecule has 4 bridgehead atoms. The Hall–Kier alpha value is -4.86. The zero-order valence-electron chi connectivity index (χ0n) is 38.9. The van der Waals surface area contributed by atoms with Crippen molar-refractivity contribution < 1.29 is 14.3 Å². The first-order valence-corrected chi connectivity index (χ1v) is 25.6. The summed E-state index contributed by atoms with van der Waals surface area (Å²) in [5.41, 5.74) is 8.40. The second kappa shape index (κ2) is 19.9. The third-order valence-electron chi connectivity index (χ3n) is 16.6. The van der Waals surface area contributed by atoms with E-state index in [0.717, 1.165) is 73.0 Å². The minimum absolute atomic E-state index is 0.0752. The average Bonchev–Trinajstić information content (AvgIpc) is 4.11. The second-order valence-electron chi connectivity index (χ2n) is 20.4. The van der Waals surface area contributed by atoms with Gasteiger partial charge in [-0.2, -0.15) is 0 Å². The maximum atomic E-state index is 13.2. The molecule has 4 N–H and O–H groups in total. The lowest BCUT2D eigenvalue weighted by atomic mass is 9.84. The Morgan fingerprint density at radius 2 is 0.831 bits per heavy atom. The van der Waals surface area contributed by atoms with E-state index in [1.807, 2.05) is 48.5 Å². The van der Waals surface area contributed by atoms with E-state index in [4.69, 9.17) is 4.74 Å². The van der Waals surface area contributed by atoms with E-state index in [9.17, 15) is 9.59 Å². The molecule has 2 saturated carbocycles. The molecule has 4 amide bonds. The Morgan fingerprint density at radius 3 is 1.15 bits per heavy atom. The third-order valence-corrected chi connectivity index (χ3v) is 16.6. The van der Waals surface area contributed by atoms with Gasteiger partial charge in [0, 0.05) is 36.3 Å². The molecule has 2 aliphatic carbocycles. The topological polar surface area (TPSA) is 98.0 Å². The molecule has 0 aromatic heterocycles. The molecule has 0 radical (unpaired) electrons. The first-order chi connectivity index (χ1) is 31.9. The van der Waals surface area contributed by atoms with Crippen LogP contribution in [0.15, 0.2) is 97.1 Å². The van der Waals surface area contributed by atoms with E-state index in [2.05, 4.69) is 93.4 Å². The molecular formula is C56H72N6O3. The van der Waals surface area contributed by atoms with Gasteiger partial charge in [0.05, 0.1) is 12.1 Å². The first kappa shape index (κ1) is 44.0. The molecule has 4 aliphatic heterocycles. The smallest absolute Gasteiger partial charge is 0.315 e. The highest BCUT2D eigenvalue weighted by molar-refractivity contribution is 5.75. The van der Waals surface area contributed by atoms with Crippen LogP contribution in [0.25, 0.3) is 0 Å². The van der Waals surface area contributed by atoms with Crippen molar-refractivity contribution in [2.75, 3.05) is 13.1 Å². The molecule has 6 aliphatic rings. The molecule has 344 valence electrons. The van der Waals surface area contributed by atoms with Crippen molar-refractivity contribution >= 4 is 12.1 Å². The van der Waals surface area contributed by atoms with Crippen LogP contribution in [-0.2, 0) is 0 Å². The Kier molecular flexibility index (Phi) is 13.5. The molecule has 2 saturated heterocycles. The standard InChI is InChI=1S/C56H72N6O3/c1-3-49(59-55(63)57-41-21-13-37(14-22-41)33-35-61-51-29-30-52(61)46-10-6-5-9-45(46)51)39-17-25-43(26-18-39)65-44-27-19-40(20-28-44)50(4-2)60-56(64)58-42-23-15-38(16-24-42)34-36-62-53-31-32-54(62)48-12-8-7-11-47(48)53/h5-12,17-20,25-28,37-38,41-42,49-54H,3-4,13-16,21-24,29-36H2,1-2H3,(H2,57,59,63)(H2,58,60,64). The van der Waals surface area contributed by atoms with Crippen molar-refractivity contribution in [2.45, 2.75) is 165 Å². The predicted molar refractivity (Wildman–Crippen MR) is 259 cm³/mol. The molecule has 4 heterocycles. The Balaban J connectivity index is 0.619. The number of hydrogen-bond acceptors (Lipinski definition) is 5. The number of fused-ring (bicyclic) bond motifs is 10. The van der Waals surface area contributed by atoms with Gasteiger partial charge in [-0.3, -0.25) is 9.80 Å². The average molecular weight is 877 g/mol. The van der Waals surface area contributed by atoms with Crippen molar-refractivity contribution in [3.63, 3.8) is 0 Å². The van der Waals surface area contributed by atoms with Crippen molar-refractivity contribution in [2.24, 2.45) is 11.8 Å². The minimum atomic E-state index is -0.0791. The number of nitrogens with zero attached hydrogens (tertiary/aromatic N) is 2. The van der Waals surface area contributed by atoms with Crippen molar-refractivity contribution in [1.82, 2.24) is 31.1 Å². The third kappa shape index (κ3) is 9.69. The number of rotatable bonds is 16. The molecular weight excluding hydrogens is 805 g/mol. The highest BCUT2D eigenvalue weighted by Gasteiger charge is 2.44. The predicted octanol–water partition coefficient (Wildman–Crippen LogP) is 12.7. The van der Waals surface area contributed by atoms with Crippen molar-refractivity contribution in [3.05, 3.63) is 130 Å². The van der Waals surface area contributed by atoms with Crippen LogP contribution in [0, 0.1) is 11.8 Å². The van der Waals surface area contributed by atoms with E-state index in [-0.39, 0.29) is 36.2 Å². The molecule has 65 heavy (non-hydrogen) atoms. The van der Waals surface area contributed by atoms with Crippen LogP contribution in [0.4, 0.5) is 9.59 Å². The normalized spacial score (nSPS) is 27.7. The number of carbonyl (C=O) groups excluding carboxylic acids is 2. The van der Waals surface area contributed by atoms with E-state index >= 15 is 0 Å². The minimum Gasteiger partial charge on any atom is -0.457 e. The van der Waals surface area contributed by atoms with Crippen LogP contribution in [0.1, 0.15) is 186 Å². The van der Waals surface area contributed by atoms with Gasteiger partial charge in [-0.05, 0) is 185 Å². The number of amides is 4. The lowest BCUT2D eigenvalue weighted by Crippen LogP contribution is -2.44. The van der Waals surface area contributed by atoms with Gasteiger partial charge < -0.3 is 26.0 Å². The van der Waals surface area contributed by atoms with Gasteiger partial charge in [0.25, 0.3) is 0 Å². The molecule has 9 nitrogen and oxygen atoms in total. The van der Waals surface area contributed by atoms with E-state index in [0.29, 0.717) is 24.2 Å². The number of hydrogen-bond donors (Lipinski definition) is 4. The zero-order chi connectivity index (χ0) is 44.3. The maximum Gasteiger partial charge on any atom is 0.315 e. The fourth-order valence-corrected chi connectivity index (χ4v) is 13.1. The van der Waals surface area contributed by atoms with Gasteiger partial charge >= 0.3 is 12.1 Å². The van der Waals surface area contributed by atoms with E-state index in [1.165, 1.54) is 77.3 Å². The van der Waals surface area contributed by atoms with E-state index in [1.54, 1.807) is 22.3 Å². The molecule has 4 aromatic carbocycles. The highest BCUT2D eigenvalue weighted by Crippen LogP contribution is 2.54. The fourth-order valence-electron chi connectivity index (χ4n) is 13.1. The van der Waals surface area contributed by atoms with Crippen LogP contribution >= 0.6 is 0 Å². The van der Waals surface area contributed by atoms with Gasteiger partial charge in [-0.25, -0.2) is 9.59 Å². The van der Waals surface area contributed by atoms with Crippen LogP contribution in [0.2, 0.25) is 0 Å². The van der Waals surface area contributed by atoms with Crippen LogP contribution in [0.5, 0.6) is 11.5 Å². The molecule has 0 spiro atoms. The number of urea groups is 2. The fraction of sp³-hybridized carbons (Fsp3) is 0.536. The Morgan fingerprint density at radius 1 is 0.492 bits per heavy atom. The van der Waals surface area contributed by atoms with Gasteiger partial charge in [-0.15, -0.1) is 0 Å². The van der Waals surface area contributed by atoms with E-state index < -0.39 is 0 Å². The summed E-state index contributed by atoms with van der Waals surface area (Å²) in [7, 11) is 0. The first-order valence-electron chi connectivity index (χ1n) is 25.6. The van der Waals surface area contributed by atoms with Gasteiger partial charge in [0.15, 0.2) is 0 Å². The Bertz CT molecular complexity index is 2010. The van der Waals surface area contributed by atoms with Crippen molar-refractivity contribution in [1.29, 1.82) is 0 Å². The molecule has 9 heteroatoms. The largest absolute Gasteiger partial charge is 0.457 e. The SMILES string of the molecule is CCC(NC(=O)NC1CCC(CCN2C3CCC2c2ccccc23)CC1)c1ccc(Oc2ccc(C(CC)NC(=O)NC3CCC(CCN4C5CCC4c4ccccc45)CC3)cc2)cc1. The monoisotopic (exact) mass is 877 g/mol. The Labute approximate surface area is 387 Å². The van der Waals surface area contributed by atoms with Crippen LogP contribution in [-0.4, -0.2) is 47.0 Å². The summed E-state index contributed by atoms with van der Waals surface area (Å²) < 4.78 is 6.24. The molecule has 6 atom stereocenters. The van der Waals surface area contributed by atoms with Gasteiger partial charge in [0.2, 0.25) is 0 Å². The lowest BCUT2D eigenvalue weighted by Gasteiger charge is -2.31. The summed E-state index contributed by atoms with van der Waals surface area (Å²) in [5.74, 6) is 2.98. The maximum absolute atomic E-state index is 13.2. The summed E-state index contributed by atoms with van der Waals surface area (Å²) in [6.45, 7) is 6.61. The number of ether oxygens (including phenoxy) is 1. The molecule has 10 rings (SSSR count). The number of carbonyl (C=O) groups is 2. The molecule has 4 aromatic rings. The number of benzene rings is 4. The summed E-state index contributed by atoms with van der Waals surface area (Å²) in [6, 6.07) is 36.9. The summed E-state index contributed by atoms with van der Waals surface area (Å²) in [6.07, 6.45) is 18.3. The number of nitrogens with one attached hydrogen (secondary N) is 4. The van der Waals surface area contributed by atoms with Crippen LogP contribution < -0.4 is 26.0 Å². The second-order valence-corrected chi connectivity index (χ2v) is 20.4. The quantitative estimate of drug-likeness (QED) is 0.0899. The summed E-state index contributed by atoms with van der Waals surface area (Å²) in [5, 5.41) is 13.1. The molecule has 4 fully saturated rings. The van der Waals surface area contributed by atoms with Gasteiger partial charge in [0.1, 0.15) is 11.5 Å². The molecule has 6 unspecified atom stereocenters. The zero-order valence-corrected chi connectivity index (χ0v) is 38.9. The summed E-state index contributed by atoms with van der Waals surface area (Å²) >= 11 is 0. The van der Waals surface area contributed by atoms with Crippen LogP contribution in [0.3, 0.4) is 0 Å². The van der Waals surface area contributed by atoms with Crippen molar-refractivity contribution in [3.8, 4) is 11.5 Å². The van der Waals surface area contributed by atoms with Gasteiger partial charge in [-0.1, -0.05) is 86.6 Å². The highest BCUT2D eigenvalue weighted by atomic mass is 16.5.